The minimum absolute atomic E-state index is 0.111. The first-order valence-corrected chi connectivity index (χ1v) is 6.72. The zero-order valence-electron chi connectivity index (χ0n) is 12.6. The van der Waals surface area contributed by atoms with Crippen LogP contribution in [0.15, 0.2) is 18.2 Å². The predicted molar refractivity (Wildman–Crippen MR) is 78.5 cm³/mol. The summed E-state index contributed by atoms with van der Waals surface area (Å²) in [6.07, 6.45) is 1.15. The second-order valence-electron chi connectivity index (χ2n) is 5.89. The third-order valence-electron chi connectivity index (χ3n) is 3.43. The molecule has 2 nitrogen and oxygen atoms in total. The van der Waals surface area contributed by atoms with E-state index in [2.05, 4.69) is 51.2 Å². The highest BCUT2D eigenvalue weighted by Crippen LogP contribution is 2.37. The van der Waals surface area contributed by atoms with Crippen LogP contribution in [0.1, 0.15) is 38.3 Å². The normalized spacial score (nSPS) is 14.6. The van der Waals surface area contributed by atoms with Crippen molar-refractivity contribution in [1.82, 2.24) is 5.32 Å². The molecule has 0 saturated heterocycles. The smallest absolute Gasteiger partial charge is 0.122 e. The van der Waals surface area contributed by atoms with Gasteiger partial charge in [0.1, 0.15) is 5.75 Å². The van der Waals surface area contributed by atoms with Gasteiger partial charge >= 0.3 is 0 Å². The molecule has 0 heterocycles. The van der Waals surface area contributed by atoms with Crippen LogP contribution in [-0.2, 0) is 5.41 Å². The molecular weight excluding hydrogens is 222 g/mol. The van der Waals surface area contributed by atoms with Gasteiger partial charge in [-0.3, -0.25) is 0 Å². The molecule has 1 aromatic rings. The van der Waals surface area contributed by atoms with Gasteiger partial charge in [0.15, 0.2) is 0 Å². The first-order valence-electron chi connectivity index (χ1n) is 6.72. The van der Waals surface area contributed by atoms with Crippen molar-refractivity contribution in [1.29, 1.82) is 0 Å². The van der Waals surface area contributed by atoms with Crippen LogP contribution in [0, 0.1) is 12.8 Å². The van der Waals surface area contributed by atoms with E-state index >= 15 is 0 Å². The van der Waals surface area contributed by atoms with Crippen LogP contribution < -0.4 is 10.1 Å². The summed E-state index contributed by atoms with van der Waals surface area (Å²) in [6, 6.07) is 6.45. The van der Waals surface area contributed by atoms with E-state index < -0.39 is 0 Å². The fourth-order valence-corrected chi connectivity index (χ4v) is 2.86. The third kappa shape index (κ3) is 3.49. The molecule has 1 unspecified atom stereocenters. The first-order chi connectivity index (χ1) is 8.42. The lowest BCUT2D eigenvalue weighted by Crippen LogP contribution is -2.35. The van der Waals surface area contributed by atoms with Crippen molar-refractivity contribution in [3.63, 3.8) is 0 Å². The molecule has 1 atom stereocenters. The summed E-state index contributed by atoms with van der Waals surface area (Å²) in [5, 5.41) is 3.33. The van der Waals surface area contributed by atoms with Crippen molar-refractivity contribution < 1.29 is 4.74 Å². The first kappa shape index (κ1) is 15.0. The highest BCUT2D eigenvalue weighted by Gasteiger charge is 2.30. The number of benzene rings is 1. The minimum atomic E-state index is 0.111. The summed E-state index contributed by atoms with van der Waals surface area (Å²) >= 11 is 0. The van der Waals surface area contributed by atoms with Gasteiger partial charge in [-0.05, 0) is 32.4 Å². The molecule has 1 N–H and O–H groups in total. The Bertz CT molecular complexity index is 387. The van der Waals surface area contributed by atoms with E-state index in [4.69, 9.17) is 4.74 Å². The van der Waals surface area contributed by atoms with Crippen LogP contribution >= 0.6 is 0 Å². The number of hydrogen-bond donors (Lipinski definition) is 1. The maximum Gasteiger partial charge on any atom is 0.122 e. The van der Waals surface area contributed by atoms with Gasteiger partial charge in [0.25, 0.3) is 0 Å². The van der Waals surface area contributed by atoms with Gasteiger partial charge < -0.3 is 10.1 Å². The average molecular weight is 249 g/mol. The number of ether oxygens (including phenoxy) is 1. The number of rotatable bonds is 6. The molecule has 102 valence electrons. The Balaban J connectivity index is 3.22. The molecule has 0 bridgehead atoms. The van der Waals surface area contributed by atoms with E-state index in [-0.39, 0.29) is 5.41 Å². The van der Waals surface area contributed by atoms with Crippen LogP contribution in [-0.4, -0.2) is 20.7 Å². The van der Waals surface area contributed by atoms with Crippen molar-refractivity contribution in [3.8, 4) is 5.75 Å². The molecule has 2 heteroatoms. The van der Waals surface area contributed by atoms with Crippen molar-refractivity contribution in [2.75, 3.05) is 20.7 Å². The lowest BCUT2D eigenvalue weighted by molar-refractivity contribution is 0.334. The zero-order valence-corrected chi connectivity index (χ0v) is 12.6. The van der Waals surface area contributed by atoms with E-state index in [1.165, 1.54) is 11.1 Å². The van der Waals surface area contributed by atoms with Crippen LogP contribution in [0.25, 0.3) is 0 Å². The molecule has 0 aliphatic carbocycles. The standard InChI is InChI=1S/C16H27NO/c1-12(2)10-16(4,11-17-5)14-9-13(3)7-8-15(14)18-6/h7-9,12,17H,10-11H2,1-6H3. The van der Waals surface area contributed by atoms with Gasteiger partial charge in [-0.25, -0.2) is 0 Å². The SMILES string of the molecule is CNCC(C)(CC(C)C)c1cc(C)ccc1OC. The summed E-state index contributed by atoms with van der Waals surface area (Å²) in [7, 11) is 3.77. The van der Waals surface area contributed by atoms with Gasteiger partial charge in [-0.1, -0.05) is 38.5 Å². The Morgan fingerprint density at radius 1 is 1.33 bits per heavy atom. The lowest BCUT2D eigenvalue weighted by Gasteiger charge is -2.33. The second-order valence-corrected chi connectivity index (χ2v) is 5.89. The van der Waals surface area contributed by atoms with Crippen LogP contribution in [0.5, 0.6) is 5.75 Å². The molecule has 1 rings (SSSR count). The van der Waals surface area contributed by atoms with E-state index in [0.29, 0.717) is 5.92 Å². The van der Waals surface area contributed by atoms with Crippen LogP contribution in [0.4, 0.5) is 0 Å². The van der Waals surface area contributed by atoms with E-state index in [9.17, 15) is 0 Å². The molecule has 0 fully saturated rings. The molecule has 18 heavy (non-hydrogen) atoms. The van der Waals surface area contributed by atoms with Crippen molar-refractivity contribution in [2.45, 2.75) is 39.5 Å². The number of likely N-dealkylation sites (N-methyl/N-ethyl adjacent to an activating group) is 1. The maximum atomic E-state index is 5.55. The summed E-state index contributed by atoms with van der Waals surface area (Å²) < 4.78 is 5.55. The van der Waals surface area contributed by atoms with E-state index in [1.54, 1.807) is 7.11 Å². The monoisotopic (exact) mass is 249 g/mol. The van der Waals surface area contributed by atoms with Gasteiger partial charge in [0, 0.05) is 17.5 Å². The summed E-state index contributed by atoms with van der Waals surface area (Å²) in [5.74, 6) is 1.66. The summed E-state index contributed by atoms with van der Waals surface area (Å²) in [4.78, 5) is 0. The lowest BCUT2D eigenvalue weighted by atomic mass is 9.75. The van der Waals surface area contributed by atoms with Crippen molar-refractivity contribution in [2.24, 2.45) is 5.92 Å². The van der Waals surface area contributed by atoms with Gasteiger partial charge in [0.2, 0.25) is 0 Å². The molecule has 0 aliphatic rings. The highest BCUT2D eigenvalue weighted by molar-refractivity contribution is 5.42. The van der Waals surface area contributed by atoms with Crippen LogP contribution in [0.2, 0.25) is 0 Å². The van der Waals surface area contributed by atoms with E-state index in [0.717, 1.165) is 18.7 Å². The maximum absolute atomic E-state index is 5.55. The van der Waals surface area contributed by atoms with Crippen molar-refractivity contribution in [3.05, 3.63) is 29.3 Å². The van der Waals surface area contributed by atoms with Gasteiger partial charge in [-0.15, -0.1) is 0 Å². The number of nitrogens with one attached hydrogen (secondary N) is 1. The molecule has 0 aliphatic heterocycles. The van der Waals surface area contributed by atoms with E-state index in [1.807, 2.05) is 7.05 Å². The minimum Gasteiger partial charge on any atom is -0.496 e. The van der Waals surface area contributed by atoms with Crippen molar-refractivity contribution >= 4 is 0 Å². The Hall–Kier alpha value is -1.02. The quantitative estimate of drug-likeness (QED) is 0.833. The fraction of sp³-hybridized carbons (Fsp3) is 0.625. The Morgan fingerprint density at radius 2 is 2.00 bits per heavy atom. The summed E-state index contributed by atoms with van der Waals surface area (Å²) in [5.41, 5.74) is 2.71. The number of hydrogen-bond acceptors (Lipinski definition) is 2. The second kappa shape index (κ2) is 6.24. The zero-order chi connectivity index (χ0) is 13.8. The predicted octanol–water partition coefficient (Wildman–Crippen LogP) is 3.53. The molecule has 0 radical (unpaired) electrons. The fourth-order valence-electron chi connectivity index (χ4n) is 2.86. The molecule has 0 amide bonds. The molecule has 1 aromatic carbocycles. The number of methoxy groups -OCH3 is 1. The Labute approximate surface area is 112 Å². The topological polar surface area (TPSA) is 21.3 Å². The molecule has 0 spiro atoms. The van der Waals surface area contributed by atoms with Crippen LogP contribution in [0.3, 0.4) is 0 Å². The molecular formula is C16H27NO. The van der Waals surface area contributed by atoms with Gasteiger partial charge in [-0.2, -0.15) is 0 Å². The number of aryl methyl sites for hydroxylation is 1. The largest absolute Gasteiger partial charge is 0.496 e. The van der Waals surface area contributed by atoms with Gasteiger partial charge in [0.05, 0.1) is 7.11 Å². The molecule has 0 saturated carbocycles. The highest BCUT2D eigenvalue weighted by atomic mass is 16.5. The average Bonchev–Trinajstić information content (AvgIpc) is 2.28. The third-order valence-corrected chi connectivity index (χ3v) is 3.43. The molecule has 0 aromatic heterocycles. The summed E-state index contributed by atoms with van der Waals surface area (Å²) in [6.45, 7) is 9.97. The Morgan fingerprint density at radius 3 is 2.50 bits per heavy atom. The Kier molecular flexibility index (Phi) is 5.21.